The molecule has 0 spiro atoms. The average molecular weight is 227 g/mol. The molecule has 0 unspecified atom stereocenters. The van der Waals surface area contributed by atoms with E-state index in [2.05, 4.69) is 19.4 Å². The van der Waals surface area contributed by atoms with Gasteiger partial charge in [-0.15, -0.1) is 0 Å². The van der Waals surface area contributed by atoms with E-state index in [-0.39, 0.29) is 30.7 Å². The average Bonchev–Trinajstić information content (AvgIpc) is 2.71. The molecule has 1 rings (SSSR count). The number of methoxy groups -OCH3 is 1. The normalized spacial score (nSPS) is 9.94. The highest BCUT2D eigenvalue weighted by atomic mass is 16.5. The zero-order valence-electron chi connectivity index (χ0n) is 9.39. The molecule has 1 amide bonds. The van der Waals surface area contributed by atoms with Crippen LogP contribution in [0.4, 0.5) is 0 Å². The fourth-order valence-electron chi connectivity index (χ4n) is 1.02. The molecular formula is C9H13N3O4. The number of ether oxygens (including phenoxy) is 1. The number of amides is 1. The van der Waals surface area contributed by atoms with Gasteiger partial charge in [-0.1, -0.05) is 5.16 Å². The molecule has 0 atom stereocenters. The Morgan fingerprint density at radius 3 is 2.69 bits per heavy atom. The van der Waals surface area contributed by atoms with Crippen molar-refractivity contribution >= 4 is 11.9 Å². The summed E-state index contributed by atoms with van der Waals surface area (Å²) in [5.41, 5.74) is 0. The maximum Gasteiger partial charge on any atom is 0.307 e. The molecule has 7 heteroatoms. The first-order valence-corrected chi connectivity index (χ1v) is 4.67. The second-order valence-corrected chi connectivity index (χ2v) is 3.19. The first-order valence-electron chi connectivity index (χ1n) is 4.67. The van der Waals surface area contributed by atoms with Crippen molar-refractivity contribution in [1.29, 1.82) is 0 Å². The van der Waals surface area contributed by atoms with Crippen LogP contribution in [0.5, 0.6) is 0 Å². The van der Waals surface area contributed by atoms with Crippen molar-refractivity contribution in [3.8, 4) is 0 Å². The molecular weight excluding hydrogens is 214 g/mol. The van der Waals surface area contributed by atoms with E-state index in [1.54, 1.807) is 14.0 Å². The molecule has 7 nitrogen and oxygen atoms in total. The Hall–Kier alpha value is -1.92. The Balaban J connectivity index is 2.51. The molecule has 88 valence electrons. The van der Waals surface area contributed by atoms with Gasteiger partial charge in [0.2, 0.25) is 5.89 Å². The molecule has 0 aliphatic carbocycles. The van der Waals surface area contributed by atoms with Gasteiger partial charge in [-0.2, -0.15) is 4.98 Å². The number of esters is 1. The molecule has 1 aromatic rings. The van der Waals surface area contributed by atoms with Crippen LogP contribution in [0.3, 0.4) is 0 Å². The van der Waals surface area contributed by atoms with Crippen molar-refractivity contribution in [2.75, 3.05) is 20.7 Å². The second-order valence-electron chi connectivity index (χ2n) is 3.19. The van der Waals surface area contributed by atoms with E-state index in [9.17, 15) is 9.59 Å². The standard InChI is InChI=1S/C9H13N3O4/c1-6-10-8(11-16-6)9(14)12(2)5-4-7(13)15-3/h4-5H2,1-3H3. The van der Waals surface area contributed by atoms with Gasteiger partial charge in [0.05, 0.1) is 13.5 Å². The molecule has 0 saturated heterocycles. The van der Waals surface area contributed by atoms with Gasteiger partial charge in [-0.05, 0) is 0 Å². The van der Waals surface area contributed by atoms with Crippen LogP contribution in [0, 0.1) is 6.92 Å². The van der Waals surface area contributed by atoms with Crippen molar-refractivity contribution in [2.45, 2.75) is 13.3 Å². The van der Waals surface area contributed by atoms with Gasteiger partial charge in [-0.25, -0.2) is 0 Å². The minimum atomic E-state index is -0.388. The topological polar surface area (TPSA) is 85.5 Å². The highest BCUT2D eigenvalue weighted by Gasteiger charge is 2.18. The lowest BCUT2D eigenvalue weighted by Gasteiger charge is -2.13. The summed E-state index contributed by atoms with van der Waals surface area (Å²) in [5, 5.41) is 3.49. The Morgan fingerprint density at radius 2 is 2.19 bits per heavy atom. The molecule has 1 aromatic heterocycles. The Morgan fingerprint density at radius 1 is 1.50 bits per heavy atom. The van der Waals surface area contributed by atoms with Crippen molar-refractivity contribution in [3.63, 3.8) is 0 Å². The van der Waals surface area contributed by atoms with Crippen molar-refractivity contribution < 1.29 is 18.8 Å². The number of hydrogen-bond acceptors (Lipinski definition) is 6. The van der Waals surface area contributed by atoms with E-state index in [1.807, 2.05) is 0 Å². The third-order valence-corrected chi connectivity index (χ3v) is 1.94. The van der Waals surface area contributed by atoms with Crippen LogP contribution in [-0.4, -0.2) is 47.6 Å². The van der Waals surface area contributed by atoms with Crippen LogP contribution in [0.15, 0.2) is 4.52 Å². The van der Waals surface area contributed by atoms with E-state index in [0.29, 0.717) is 5.89 Å². The molecule has 0 aromatic carbocycles. The van der Waals surface area contributed by atoms with E-state index >= 15 is 0 Å². The fourth-order valence-corrected chi connectivity index (χ4v) is 1.02. The van der Waals surface area contributed by atoms with Crippen LogP contribution in [0.25, 0.3) is 0 Å². The van der Waals surface area contributed by atoms with Crippen LogP contribution >= 0.6 is 0 Å². The third-order valence-electron chi connectivity index (χ3n) is 1.94. The highest BCUT2D eigenvalue weighted by molar-refractivity contribution is 5.90. The maximum atomic E-state index is 11.6. The quantitative estimate of drug-likeness (QED) is 0.674. The van der Waals surface area contributed by atoms with Gasteiger partial charge in [0.1, 0.15) is 0 Å². The molecule has 0 bridgehead atoms. The monoisotopic (exact) mass is 227 g/mol. The van der Waals surface area contributed by atoms with Crippen LogP contribution in [0.1, 0.15) is 22.9 Å². The van der Waals surface area contributed by atoms with E-state index in [0.717, 1.165) is 0 Å². The molecule has 1 heterocycles. The summed E-state index contributed by atoms with van der Waals surface area (Å²) in [6.45, 7) is 1.84. The Bertz CT molecular complexity index is 388. The molecule has 0 fully saturated rings. The van der Waals surface area contributed by atoms with Crippen LogP contribution < -0.4 is 0 Å². The number of aromatic nitrogens is 2. The first kappa shape index (κ1) is 12.2. The molecule has 0 aliphatic rings. The summed E-state index contributed by atoms with van der Waals surface area (Å²) in [4.78, 5) is 27.6. The van der Waals surface area contributed by atoms with Gasteiger partial charge in [0.15, 0.2) is 0 Å². The summed E-state index contributed by atoms with van der Waals surface area (Å²) in [7, 11) is 2.85. The van der Waals surface area contributed by atoms with E-state index in [1.165, 1.54) is 12.0 Å². The first-order chi connectivity index (χ1) is 7.54. The van der Waals surface area contributed by atoms with E-state index < -0.39 is 0 Å². The Labute approximate surface area is 92.4 Å². The summed E-state index contributed by atoms with van der Waals surface area (Å²) in [5.74, 6) is -0.445. The maximum absolute atomic E-state index is 11.6. The summed E-state index contributed by atoms with van der Waals surface area (Å²) >= 11 is 0. The largest absolute Gasteiger partial charge is 0.469 e. The van der Waals surface area contributed by atoms with Crippen molar-refractivity contribution in [1.82, 2.24) is 15.0 Å². The van der Waals surface area contributed by atoms with Crippen LogP contribution in [0.2, 0.25) is 0 Å². The van der Waals surface area contributed by atoms with Gasteiger partial charge >= 0.3 is 5.97 Å². The minimum absolute atomic E-state index is 0.00938. The second kappa shape index (κ2) is 5.24. The molecule has 0 saturated carbocycles. The number of rotatable bonds is 4. The predicted octanol–water partition coefficient (Wildman–Crippen LogP) is 0.0131. The lowest BCUT2D eigenvalue weighted by molar-refractivity contribution is -0.140. The van der Waals surface area contributed by atoms with Gasteiger partial charge < -0.3 is 14.2 Å². The highest BCUT2D eigenvalue weighted by Crippen LogP contribution is 2.00. The number of hydrogen-bond donors (Lipinski definition) is 0. The van der Waals surface area contributed by atoms with E-state index in [4.69, 9.17) is 0 Å². The fraction of sp³-hybridized carbons (Fsp3) is 0.556. The number of nitrogens with zero attached hydrogens (tertiary/aromatic N) is 3. The molecule has 0 aliphatic heterocycles. The summed E-state index contributed by atoms with van der Waals surface area (Å²) in [6.07, 6.45) is 0.134. The minimum Gasteiger partial charge on any atom is -0.469 e. The number of carbonyl (C=O) groups excluding carboxylic acids is 2. The zero-order valence-corrected chi connectivity index (χ0v) is 9.39. The number of aryl methyl sites for hydroxylation is 1. The zero-order chi connectivity index (χ0) is 12.1. The number of carbonyl (C=O) groups is 2. The molecule has 16 heavy (non-hydrogen) atoms. The smallest absolute Gasteiger partial charge is 0.307 e. The molecule has 0 N–H and O–H groups in total. The lowest BCUT2D eigenvalue weighted by atomic mass is 10.4. The molecule has 0 radical (unpaired) electrons. The predicted molar refractivity (Wildman–Crippen MR) is 52.6 cm³/mol. The van der Waals surface area contributed by atoms with Gasteiger partial charge in [0, 0.05) is 20.5 Å². The van der Waals surface area contributed by atoms with Gasteiger partial charge in [0.25, 0.3) is 11.7 Å². The van der Waals surface area contributed by atoms with Crippen molar-refractivity contribution in [2.24, 2.45) is 0 Å². The SMILES string of the molecule is COC(=O)CCN(C)C(=O)c1noc(C)n1. The third kappa shape index (κ3) is 3.04. The summed E-state index contributed by atoms with van der Waals surface area (Å²) < 4.78 is 9.15. The van der Waals surface area contributed by atoms with Crippen LogP contribution in [-0.2, 0) is 9.53 Å². The Kier molecular flexibility index (Phi) is 3.98. The summed E-state index contributed by atoms with van der Waals surface area (Å²) in [6, 6.07) is 0. The van der Waals surface area contributed by atoms with Gasteiger partial charge in [-0.3, -0.25) is 9.59 Å². The van der Waals surface area contributed by atoms with Crippen molar-refractivity contribution in [3.05, 3.63) is 11.7 Å². The lowest BCUT2D eigenvalue weighted by Crippen LogP contribution is -2.30.